The minimum atomic E-state index is -1.51. The van der Waals surface area contributed by atoms with E-state index in [9.17, 15) is 47.9 Å². The number of H-pyrrole nitrogens is 4. The standard InChI is InChI=1S/C25H25N2O3.C24H22ClN2O3.C24H23N2O4.C22H23N2O.CH2Cl2.4Y/c1-16-12-23-21(22(15-26-23)24(29)17(2)28)14-20(16)25(30)27-10-8-19(9-11-27)13-18-6-4-3-5-7-18;1-15-11-21-19(20(14-26-21)22(28)23(25)29)13-18(15)24(30)27-9-7-17(8-10-27)12-16-5-3-2-4-6-16;1-15-11-21-19(20(14-25-21)22(27)24(29)30)13-18(15)23(28)26-9-7-17(8-10-26)12-16-5-3-2-4-6-16;1-16-13-21-19(7-10-23-21)15-20(16)22(25)24-11-8-18(9-12-24)14-17-5-3-2-4-6-17;2-1-3;;;;/h4-7,12,14-15,19,26H,8-11,13H2,1-2H3;3-6,11,13-14,17,26H,7-10,12H2,1H3;3-6,11,13-14,17,25H,7-10,12H2,1H3,(H,29,30);3-7,10,13,15,18,23H,8-9,11-12,14H2,1H3;1H2;;;;/q4*-1;;;;;. The number of carboxylic acids is 1. The molecule has 26 heteroatoms. The summed E-state index contributed by atoms with van der Waals surface area (Å²) >= 11 is 14.9. The minimum Gasteiger partial charge on any atom is -0.475 e. The van der Waals surface area contributed by atoms with Crippen molar-refractivity contribution in [2.75, 3.05) is 57.7 Å². The van der Waals surface area contributed by atoms with Crippen LogP contribution in [0.1, 0.15) is 175 Å². The fourth-order valence-corrected chi connectivity index (χ4v) is 16.6. The van der Waals surface area contributed by atoms with Gasteiger partial charge in [-0.25, -0.2) is 4.79 Å². The Labute approximate surface area is 827 Å². The van der Waals surface area contributed by atoms with E-state index in [1.165, 1.54) is 41.6 Å². The van der Waals surface area contributed by atoms with Gasteiger partial charge in [0.1, 0.15) is 0 Å². The number of likely N-dealkylation sites (tertiary alicyclic amines) is 4. The summed E-state index contributed by atoms with van der Waals surface area (Å²) in [5.41, 5.74) is 15.1. The number of nitrogens with zero attached hydrogens (tertiary/aromatic N) is 4. The monoisotopic (exact) mass is 2000 g/mol. The molecule has 4 aliphatic heterocycles. The van der Waals surface area contributed by atoms with Crippen molar-refractivity contribution in [3.63, 3.8) is 0 Å². The van der Waals surface area contributed by atoms with Crippen LogP contribution < -0.4 is 0 Å². The van der Waals surface area contributed by atoms with Gasteiger partial charge in [0.15, 0.2) is 5.78 Å². The van der Waals surface area contributed by atoms with E-state index in [4.69, 9.17) is 39.9 Å². The summed E-state index contributed by atoms with van der Waals surface area (Å²) in [5, 5.41) is 10.9. The molecule has 122 heavy (non-hydrogen) atoms. The van der Waals surface area contributed by atoms with Crippen LogP contribution in [0, 0.1) is 75.6 Å². The summed E-state index contributed by atoms with van der Waals surface area (Å²) in [6, 6.07) is 61.3. The number of halogens is 3. The molecule has 0 bridgehead atoms. The van der Waals surface area contributed by atoms with Crippen LogP contribution in [0.5, 0.6) is 0 Å². The number of piperidine rings is 4. The summed E-state index contributed by atoms with van der Waals surface area (Å²) in [6.07, 6.45) is 18.4. The third kappa shape index (κ3) is 25.8. The second-order valence-corrected chi connectivity index (χ2v) is 32.2. The molecule has 0 atom stereocenters. The number of carbonyl (C=O) groups is 10. The van der Waals surface area contributed by atoms with Crippen molar-refractivity contribution in [1.29, 1.82) is 0 Å². The first kappa shape index (κ1) is 100. The van der Waals surface area contributed by atoms with E-state index < -0.39 is 34.3 Å². The van der Waals surface area contributed by atoms with Crippen molar-refractivity contribution in [2.45, 2.75) is 112 Å². The predicted octanol–water partition coefficient (Wildman–Crippen LogP) is 17.9. The molecular weight excluding hydrogens is 1900 g/mol. The van der Waals surface area contributed by atoms with Gasteiger partial charge >= 0.3 is 5.97 Å². The van der Waals surface area contributed by atoms with Gasteiger partial charge in [-0.05, 0) is 217 Å². The van der Waals surface area contributed by atoms with E-state index in [0.717, 1.165) is 147 Å². The Bertz CT molecular complexity index is 5210. The predicted molar refractivity (Wildman–Crippen MR) is 461 cm³/mol. The molecule has 19 nitrogen and oxygen atoms in total. The molecule has 16 rings (SSSR count). The zero-order chi connectivity index (χ0) is 83.7. The van der Waals surface area contributed by atoms with Crippen molar-refractivity contribution in [1.82, 2.24) is 39.5 Å². The maximum Gasteiger partial charge on any atom is 0.377 e. The van der Waals surface area contributed by atoms with Crippen LogP contribution in [0.4, 0.5) is 0 Å². The minimum absolute atomic E-state index is 0. The van der Waals surface area contributed by atoms with Gasteiger partial charge in [-0.2, -0.15) is 144 Å². The van der Waals surface area contributed by atoms with E-state index in [2.05, 4.69) is 98.8 Å². The first-order valence-electron chi connectivity index (χ1n) is 40.0. The number of rotatable bonds is 18. The van der Waals surface area contributed by atoms with Gasteiger partial charge in [0, 0.05) is 281 Å². The van der Waals surface area contributed by atoms with Crippen LogP contribution >= 0.6 is 34.8 Å². The van der Waals surface area contributed by atoms with Gasteiger partial charge in [-0.1, -0.05) is 0 Å². The summed E-state index contributed by atoms with van der Waals surface area (Å²) in [5.74, 6) is -1.92. The number of amides is 4. The molecule has 4 fully saturated rings. The van der Waals surface area contributed by atoms with E-state index >= 15 is 0 Å². The Hall–Kier alpha value is -7.09. The zero-order valence-electron chi connectivity index (χ0n) is 69.2. The molecule has 4 amide bonds. The fourth-order valence-electron chi connectivity index (χ4n) is 16.5. The molecule has 4 saturated heterocycles. The van der Waals surface area contributed by atoms with E-state index in [1.54, 1.807) is 30.5 Å². The van der Waals surface area contributed by atoms with Crippen molar-refractivity contribution >= 4 is 136 Å². The number of hydrogen-bond acceptors (Lipinski definition) is 10. The van der Waals surface area contributed by atoms with Crippen molar-refractivity contribution in [2.24, 2.45) is 23.7 Å². The van der Waals surface area contributed by atoms with E-state index in [-0.39, 0.29) is 171 Å². The zero-order valence-corrected chi connectivity index (χ0v) is 82.8. The van der Waals surface area contributed by atoms with Gasteiger partial charge in [-0.15, -0.1) is 23.2 Å². The smallest absolute Gasteiger partial charge is 0.377 e. The number of carbonyl (C=O) groups excluding carboxylic acids is 9. The number of fused-ring (bicyclic) bond motifs is 4. The van der Waals surface area contributed by atoms with E-state index in [1.807, 2.05) is 126 Å². The normalized spacial score (nSPS) is 14.3. The van der Waals surface area contributed by atoms with E-state index in [0.29, 0.717) is 99.3 Å². The average molecular weight is 2000 g/mol. The molecule has 622 valence electrons. The topological polar surface area (TPSA) is 267 Å². The fraction of sp³-hybridized carbons (Fsp3) is 0.312. The molecule has 5 N–H and O–H groups in total. The molecule has 0 saturated carbocycles. The average Bonchev–Trinajstić information content (AvgIpc) is 1.61. The van der Waals surface area contributed by atoms with Crippen LogP contribution in [0.25, 0.3) is 43.6 Å². The quantitative estimate of drug-likeness (QED) is 0.0177. The SMILES string of the molecule is CC(=O)C(=O)c1c[nH]c2cc(C)c(C(=O)N3CCC(Cc4cc[c-]cc4)CC3)cc12.Cc1cc2[nH]cc(C(=O)C(=O)Cl)c2cc1C(=O)N1CCC(Cc2cc[c-]cc2)CC1.Cc1cc2[nH]cc(C(=O)C(=O)O)c2cc1C(=O)N1CCC(Cc2cc[c-]cc2)CC1.Cc1cc2[nH]ccc2cc1C(=O)N1CCC(Cc2cc[c-]cc2)CC1.ClCCl.[Y].[Y].[Y].[Y]. The van der Waals surface area contributed by atoms with Gasteiger partial charge in [0.05, 0.1) is 22.0 Å². The maximum absolute atomic E-state index is 13.2. The second kappa shape index (κ2) is 48.0. The number of hydrogen-bond donors (Lipinski definition) is 5. The van der Waals surface area contributed by atoms with Crippen LogP contribution in [-0.2, 0) is 171 Å². The first-order valence-corrected chi connectivity index (χ1v) is 41.5. The van der Waals surface area contributed by atoms with Crippen LogP contribution in [0.2, 0.25) is 0 Å². The molecule has 4 aliphatic rings. The summed E-state index contributed by atoms with van der Waals surface area (Å²) < 4.78 is 0. The number of aliphatic carboxylic acids is 1. The Morgan fingerprint density at radius 3 is 0.877 bits per heavy atom. The van der Waals surface area contributed by atoms with Gasteiger partial charge in [0.2, 0.25) is 11.6 Å². The Balaban J connectivity index is 0.000000198. The number of Topliss-reactive ketones (excluding diaryl/α,β-unsaturated/α-hetero) is 4. The van der Waals surface area contributed by atoms with Crippen LogP contribution in [0.15, 0.2) is 176 Å². The molecule has 8 heterocycles. The van der Waals surface area contributed by atoms with Gasteiger partial charge in [-0.3, -0.25) is 43.2 Å². The maximum atomic E-state index is 13.2. The molecule has 8 aromatic carbocycles. The van der Waals surface area contributed by atoms with Gasteiger partial charge < -0.3 is 44.6 Å². The number of aryl methyl sites for hydroxylation is 4. The number of carboxylic acid groups (broad SMARTS) is 1. The third-order valence-corrected chi connectivity index (χ3v) is 23.4. The summed E-state index contributed by atoms with van der Waals surface area (Å²) in [6.45, 7) is 14.9. The molecule has 4 aromatic heterocycles. The Morgan fingerprint density at radius 1 is 0.361 bits per heavy atom. The molecular formula is C96H95Cl3N8O11Y4-4. The second-order valence-electron chi connectivity index (χ2n) is 31.1. The molecule has 0 spiro atoms. The number of benzene rings is 8. The molecule has 12 aromatic rings. The van der Waals surface area contributed by atoms with Crippen molar-refractivity contribution in [3.8, 4) is 0 Å². The first-order chi connectivity index (χ1) is 56.9. The number of aromatic nitrogens is 4. The Morgan fingerprint density at radius 2 is 0.615 bits per heavy atom. The van der Waals surface area contributed by atoms with Crippen LogP contribution in [-0.4, -0.2) is 160 Å². The molecule has 4 radical (unpaired) electrons. The largest absolute Gasteiger partial charge is 0.475 e. The number of aromatic amines is 4. The third-order valence-electron chi connectivity index (χ3n) is 23.2. The summed E-state index contributed by atoms with van der Waals surface area (Å²) in [4.78, 5) is 143. The summed E-state index contributed by atoms with van der Waals surface area (Å²) in [7, 11) is 0. The van der Waals surface area contributed by atoms with Crippen LogP contribution in [0.3, 0.4) is 0 Å². The number of alkyl halides is 2. The molecule has 0 unspecified atom stereocenters. The van der Waals surface area contributed by atoms with Crippen molar-refractivity contribution in [3.05, 3.63) is 284 Å². The molecule has 0 aliphatic carbocycles. The van der Waals surface area contributed by atoms with Crippen molar-refractivity contribution < 1.29 is 184 Å². The Kier molecular flexibility index (Phi) is 39.5. The number of nitrogens with one attached hydrogen (secondary N) is 4. The number of ketones is 4. The van der Waals surface area contributed by atoms with Gasteiger partial charge in [0.25, 0.3) is 34.7 Å².